The molecule has 1 amide bonds. The molecule has 0 saturated carbocycles. The Hall–Kier alpha value is -2.78. The second-order valence-corrected chi connectivity index (χ2v) is 6.48. The molecule has 0 fully saturated rings. The molecule has 116 valence electrons. The molecule has 0 spiro atoms. The van der Waals surface area contributed by atoms with Crippen molar-refractivity contribution in [2.75, 3.05) is 0 Å². The van der Waals surface area contributed by atoms with Crippen LogP contribution in [0.25, 0.3) is 5.88 Å². The summed E-state index contributed by atoms with van der Waals surface area (Å²) in [5.74, 6) is 0.504. The maximum absolute atomic E-state index is 12.5. The number of aromatic nitrogens is 1. The summed E-state index contributed by atoms with van der Waals surface area (Å²) < 4.78 is 7.33. The molecule has 0 aliphatic carbocycles. The van der Waals surface area contributed by atoms with Crippen LogP contribution in [0.4, 0.5) is 0 Å². The monoisotopic (exact) mass is 325 g/mol. The normalized spacial score (nSPS) is 10.5. The van der Waals surface area contributed by atoms with Gasteiger partial charge in [-0.05, 0) is 38.1 Å². The smallest absolute Gasteiger partial charge is 0.256 e. The van der Waals surface area contributed by atoms with Gasteiger partial charge < -0.3 is 9.73 Å². The lowest BCUT2D eigenvalue weighted by Gasteiger charge is -2.03. The number of aryl methyl sites for hydroxylation is 2. The SMILES string of the molecule is Cc1ccc(CNC(=O)c2c(C)oc(-n3cccc3)c2C#N)s1. The fourth-order valence-electron chi connectivity index (χ4n) is 2.39. The Morgan fingerprint density at radius 1 is 1.35 bits per heavy atom. The zero-order valence-corrected chi connectivity index (χ0v) is 13.6. The Kier molecular flexibility index (Phi) is 4.04. The highest BCUT2D eigenvalue weighted by Gasteiger charge is 2.24. The average molecular weight is 325 g/mol. The fourth-order valence-corrected chi connectivity index (χ4v) is 3.22. The number of hydrogen-bond donors (Lipinski definition) is 1. The molecule has 23 heavy (non-hydrogen) atoms. The van der Waals surface area contributed by atoms with Gasteiger partial charge in [-0.25, -0.2) is 0 Å². The number of nitrogens with zero attached hydrogens (tertiary/aromatic N) is 2. The molecular weight excluding hydrogens is 310 g/mol. The van der Waals surface area contributed by atoms with Gasteiger partial charge in [-0.15, -0.1) is 11.3 Å². The lowest BCUT2D eigenvalue weighted by molar-refractivity contribution is 0.0949. The minimum absolute atomic E-state index is 0.249. The van der Waals surface area contributed by atoms with E-state index < -0.39 is 0 Å². The van der Waals surface area contributed by atoms with E-state index in [1.54, 1.807) is 35.2 Å². The molecule has 0 aromatic carbocycles. The van der Waals surface area contributed by atoms with Gasteiger partial charge in [-0.1, -0.05) is 0 Å². The molecular formula is C17H15N3O2S. The molecule has 6 heteroatoms. The topological polar surface area (TPSA) is 71.0 Å². The second kappa shape index (κ2) is 6.15. The fraction of sp³-hybridized carbons (Fsp3) is 0.176. The lowest BCUT2D eigenvalue weighted by atomic mass is 10.1. The predicted octanol–water partition coefficient (Wildman–Crippen LogP) is 3.55. The Morgan fingerprint density at radius 2 is 2.09 bits per heavy atom. The number of thiophene rings is 1. The van der Waals surface area contributed by atoms with E-state index in [1.165, 1.54) is 4.88 Å². The van der Waals surface area contributed by atoms with E-state index in [4.69, 9.17) is 4.42 Å². The minimum atomic E-state index is -0.299. The average Bonchev–Trinajstić information content (AvgIpc) is 3.24. The van der Waals surface area contributed by atoms with Gasteiger partial charge in [-0.3, -0.25) is 9.36 Å². The summed E-state index contributed by atoms with van der Waals surface area (Å²) in [7, 11) is 0. The van der Waals surface area contributed by atoms with Crippen molar-refractivity contribution in [1.29, 1.82) is 5.26 Å². The Morgan fingerprint density at radius 3 is 2.70 bits per heavy atom. The molecule has 0 atom stereocenters. The predicted molar refractivity (Wildman–Crippen MR) is 87.7 cm³/mol. The molecule has 3 heterocycles. The van der Waals surface area contributed by atoms with Crippen LogP contribution in [0.3, 0.4) is 0 Å². The van der Waals surface area contributed by atoms with Crippen LogP contribution >= 0.6 is 11.3 Å². The standard InChI is InChI=1S/C17H15N3O2S/c1-11-5-6-13(23-11)10-19-16(21)15-12(2)22-17(14(15)9-18)20-7-3-4-8-20/h3-8H,10H2,1-2H3,(H,19,21). The molecule has 0 bridgehead atoms. The molecule has 0 radical (unpaired) electrons. The first-order chi connectivity index (χ1) is 11.1. The number of furan rings is 1. The van der Waals surface area contributed by atoms with Crippen LogP contribution in [0, 0.1) is 25.2 Å². The Balaban J connectivity index is 1.87. The van der Waals surface area contributed by atoms with Crippen molar-refractivity contribution < 1.29 is 9.21 Å². The molecule has 3 aromatic rings. The second-order valence-electron chi connectivity index (χ2n) is 5.11. The number of amides is 1. The minimum Gasteiger partial charge on any atom is -0.443 e. The van der Waals surface area contributed by atoms with Crippen LogP contribution in [-0.2, 0) is 6.54 Å². The third-order valence-electron chi connectivity index (χ3n) is 3.46. The molecule has 0 saturated heterocycles. The first-order valence-corrected chi connectivity index (χ1v) is 7.92. The summed E-state index contributed by atoms with van der Waals surface area (Å²) >= 11 is 1.64. The van der Waals surface area contributed by atoms with Crippen molar-refractivity contribution in [2.24, 2.45) is 0 Å². The molecule has 5 nitrogen and oxygen atoms in total. The van der Waals surface area contributed by atoms with Gasteiger partial charge in [0.25, 0.3) is 5.91 Å². The van der Waals surface area contributed by atoms with E-state index in [9.17, 15) is 10.1 Å². The highest BCUT2D eigenvalue weighted by molar-refractivity contribution is 7.11. The molecule has 1 N–H and O–H groups in total. The van der Waals surface area contributed by atoms with E-state index in [2.05, 4.69) is 11.4 Å². The number of nitrogens with one attached hydrogen (secondary N) is 1. The zero-order valence-electron chi connectivity index (χ0n) is 12.8. The Labute approximate surface area is 137 Å². The number of carbonyl (C=O) groups excluding carboxylic acids is 1. The van der Waals surface area contributed by atoms with Crippen LogP contribution in [0.2, 0.25) is 0 Å². The number of rotatable bonds is 4. The molecule has 0 aliphatic rings. The van der Waals surface area contributed by atoms with Crippen molar-refractivity contribution in [2.45, 2.75) is 20.4 Å². The zero-order chi connectivity index (χ0) is 16.4. The molecule has 0 unspecified atom stereocenters. The van der Waals surface area contributed by atoms with E-state index in [0.29, 0.717) is 23.8 Å². The maximum Gasteiger partial charge on any atom is 0.256 e. The van der Waals surface area contributed by atoms with Crippen molar-refractivity contribution in [1.82, 2.24) is 9.88 Å². The lowest BCUT2D eigenvalue weighted by Crippen LogP contribution is -2.23. The summed E-state index contributed by atoms with van der Waals surface area (Å²) in [5, 5.41) is 12.3. The van der Waals surface area contributed by atoms with Gasteiger partial charge in [0, 0.05) is 22.1 Å². The summed E-state index contributed by atoms with van der Waals surface area (Å²) in [4.78, 5) is 14.7. The summed E-state index contributed by atoms with van der Waals surface area (Å²) in [6.45, 7) is 4.15. The number of carbonyl (C=O) groups is 1. The molecule has 3 aromatic heterocycles. The van der Waals surface area contributed by atoms with Gasteiger partial charge in [0.15, 0.2) is 0 Å². The van der Waals surface area contributed by atoms with E-state index >= 15 is 0 Å². The Bertz CT molecular complexity index is 882. The highest BCUT2D eigenvalue weighted by atomic mass is 32.1. The van der Waals surface area contributed by atoms with Gasteiger partial charge in [0.2, 0.25) is 5.88 Å². The van der Waals surface area contributed by atoms with E-state index in [1.807, 2.05) is 31.2 Å². The summed E-state index contributed by atoms with van der Waals surface area (Å²) in [6, 6.07) is 9.75. The van der Waals surface area contributed by atoms with Gasteiger partial charge >= 0.3 is 0 Å². The van der Waals surface area contributed by atoms with Crippen LogP contribution < -0.4 is 5.32 Å². The molecule has 0 aliphatic heterocycles. The van der Waals surface area contributed by atoms with Crippen molar-refractivity contribution in [3.05, 3.63) is 63.3 Å². The molecule has 3 rings (SSSR count). The van der Waals surface area contributed by atoms with E-state index in [0.717, 1.165) is 4.88 Å². The first-order valence-electron chi connectivity index (χ1n) is 7.10. The van der Waals surface area contributed by atoms with Gasteiger partial charge in [0.1, 0.15) is 23.0 Å². The van der Waals surface area contributed by atoms with Crippen LogP contribution in [0.15, 0.2) is 41.1 Å². The van der Waals surface area contributed by atoms with E-state index in [-0.39, 0.29) is 11.5 Å². The van der Waals surface area contributed by atoms with Gasteiger partial charge in [-0.2, -0.15) is 5.26 Å². The first kappa shape index (κ1) is 15.1. The van der Waals surface area contributed by atoms with Crippen LogP contribution in [0.5, 0.6) is 0 Å². The maximum atomic E-state index is 12.5. The summed E-state index contributed by atoms with van der Waals surface area (Å²) in [6.07, 6.45) is 3.55. The number of hydrogen-bond acceptors (Lipinski definition) is 4. The van der Waals surface area contributed by atoms with Gasteiger partial charge in [0.05, 0.1) is 6.54 Å². The third kappa shape index (κ3) is 2.91. The third-order valence-corrected chi connectivity index (χ3v) is 4.46. The van der Waals surface area contributed by atoms with Crippen molar-refractivity contribution in [3.63, 3.8) is 0 Å². The highest BCUT2D eigenvalue weighted by Crippen LogP contribution is 2.25. The van der Waals surface area contributed by atoms with Crippen molar-refractivity contribution >= 4 is 17.2 Å². The van der Waals surface area contributed by atoms with Crippen molar-refractivity contribution in [3.8, 4) is 12.0 Å². The van der Waals surface area contributed by atoms with Crippen LogP contribution in [-0.4, -0.2) is 10.5 Å². The van der Waals surface area contributed by atoms with Crippen LogP contribution in [0.1, 0.15) is 31.4 Å². The summed E-state index contributed by atoms with van der Waals surface area (Å²) in [5.41, 5.74) is 0.544. The number of nitriles is 1. The quantitative estimate of drug-likeness (QED) is 0.797. The largest absolute Gasteiger partial charge is 0.443 e.